The van der Waals surface area contributed by atoms with Crippen molar-refractivity contribution in [2.24, 2.45) is 5.92 Å². The van der Waals surface area contributed by atoms with Gasteiger partial charge in [0.15, 0.2) is 0 Å². The van der Waals surface area contributed by atoms with Crippen LogP contribution in [0.15, 0.2) is 46.9 Å². The second-order valence-electron chi connectivity index (χ2n) is 5.16. The zero-order valence-electron chi connectivity index (χ0n) is 11.9. The molecule has 1 unspecified atom stereocenters. The minimum absolute atomic E-state index is 0.463. The third kappa shape index (κ3) is 5.00. The second-order valence-corrected chi connectivity index (χ2v) is 6.86. The first-order chi connectivity index (χ1) is 10.1. The van der Waals surface area contributed by atoms with Crippen LogP contribution in [0.25, 0.3) is 0 Å². The number of nitrogens with one attached hydrogen (secondary N) is 1. The number of hydrogen-bond donors (Lipinski definition) is 1. The molecule has 0 fully saturated rings. The van der Waals surface area contributed by atoms with Crippen molar-refractivity contribution in [3.05, 3.63) is 68.1 Å². The van der Waals surface area contributed by atoms with Crippen molar-refractivity contribution in [3.63, 3.8) is 0 Å². The van der Waals surface area contributed by atoms with Gasteiger partial charge in [-0.05, 0) is 67.7 Å². The predicted octanol–water partition coefficient (Wildman–Crippen LogP) is 5.38. The molecule has 0 heterocycles. The number of rotatable bonds is 6. The van der Waals surface area contributed by atoms with Crippen molar-refractivity contribution >= 4 is 39.1 Å². The summed E-state index contributed by atoms with van der Waals surface area (Å²) < 4.78 is 1.16. The Morgan fingerprint density at radius 2 is 1.76 bits per heavy atom. The highest BCUT2D eigenvalue weighted by Gasteiger charge is 2.14. The Bertz CT molecular complexity index is 601. The molecule has 0 spiro atoms. The zero-order valence-corrected chi connectivity index (χ0v) is 15.0. The minimum Gasteiger partial charge on any atom is -0.319 e. The van der Waals surface area contributed by atoms with Gasteiger partial charge in [0, 0.05) is 14.5 Å². The Kier molecular flexibility index (Phi) is 6.56. The van der Waals surface area contributed by atoms with E-state index in [9.17, 15) is 0 Å². The summed E-state index contributed by atoms with van der Waals surface area (Å²) in [5.41, 5.74) is 2.42. The van der Waals surface area contributed by atoms with Crippen molar-refractivity contribution in [2.45, 2.75) is 12.8 Å². The fourth-order valence-corrected chi connectivity index (χ4v) is 3.33. The Hall–Kier alpha value is -0.540. The lowest BCUT2D eigenvalue weighted by Gasteiger charge is -2.18. The van der Waals surface area contributed by atoms with Gasteiger partial charge in [0.25, 0.3) is 0 Å². The molecule has 0 aromatic heterocycles. The molecule has 2 aromatic rings. The fraction of sp³-hybridized carbons (Fsp3) is 0.294. The highest BCUT2D eigenvalue weighted by molar-refractivity contribution is 9.10. The van der Waals surface area contributed by atoms with E-state index in [2.05, 4.69) is 39.4 Å². The van der Waals surface area contributed by atoms with Crippen LogP contribution in [0.2, 0.25) is 10.0 Å². The first-order valence-electron chi connectivity index (χ1n) is 6.92. The molecule has 4 heteroatoms. The molecular formula is C17H18BrCl2N. The van der Waals surface area contributed by atoms with Crippen molar-refractivity contribution in [3.8, 4) is 0 Å². The summed E-state index contributed by atoms with van der Waals surface area (Å²) in [4.78, 5) is 0. The zero-order chi connectivity index (χ0) is 15.2. The van der Waals surface area contributed by atoms with Gasteiger partial charge in [-0.3, -0.25) is 0 Å². The van der Waals surface area contributed by atoms with E-state index in [1.54, 1.807) is 0 Å². The minimum atomic E-state index is 0.463. The van der Waals surface area contributed by atoms with E-state index in [0.717, 1.165) is 39.5 Å². The molecule has 112 valence electrons. The molecule has 1 atom stereocenters. The van der Waals surface area contributed by atoms with Crippen LogP contribution in [-0.4, -0.2) is 13.6 Å². The van der Waals surface area contributed by atoms with Gasteiger partial charge in [0.1, 0.15) is 0 Å². The van der Waals surface area contributed by atoms with Crippen LogP contribution in [0.4, 0.5) is 0 Å². The Labute approximate surface area is 144 Å². The van der Waals surface area contributed by atoms with Crippen molar-refractivity contribution in [1.82, 2.24) is 5.32 Å². The summed E-state index contributed by atoms with van der Waals surface area (Å²) in [5.74, 6) is 0.463. The molecule has 0 bridgehead atoms. The van der Waals surface area contributed by atoms with E-state index in [1.165, 1.54) is 5.56 Å². The van der Waals surface area contributed by atoms with E-state index >= 15 is 0 Å². The highest BCUT2D eigenvalue weighted by atomic mass is 79.9. The SMILES string of the molecule is CNCC(Cc1cc(Cl)ccc1Cl)Cc1ccccc1Br. The summed E-state index contributed by atoms with van der Waals surface area (Å²) in [6.07, 6.45) is 1.90. The van der Waals surface area contributed by atoms with Crippen LogP contribution >= 0.6 is 39.1 Å². The van der Waals surface area contributed by atoms with Gasteiger partial charge in [-0.1, -0.05) is 57.3 Å². The molecule has 21 heavy (non-hydrogen) atoms. The topological polar surface area (TPSA) is 12.0 Å². The van der Waals surface area contributed by atoms with Crippen LogP contribution in [0, 0.1) is 5.92 Å². The number of hydrogen-bond acceptors (Lipinski definition) is 1. The molecule has 1 N–H and O–H groups in total. The standard InChI is InChI=1S/C17H18BrCl2N/c1-21-11-12(8-13-4-2-3-5-16(13)18)9-14-10-15(19)6-7-17(14)20/h2-7,10,12,21H,8-9,11H2,1H3. The molecule has 0 saturated carbocycles. The smallest absolute Gasteiger partial charge is 0.0439 e. The third-order valence-corrected chi connectivity index (χ3v) is 4.85. The lowest BCUT2D eigenvalue weighted by atomic mass is 9.92. The molecule has 2 rings (SSSR count). The normalized spacial score (nSPS) is 12.4. The summed E-state index contributed by atoms with van der Waals surface area (Å²) >= 11 is 16.0. The fourth-order valence-electron chi connectivity index (χ4n) is 2.49. The van der Waals surface area contributed by atoms with Crippen molar-refractivity contribution < 1.29 is 0 Å². The molecule has 0 aliphatic heterocycles. The van der Waals surface area contributed by atoms with E-state index in [0.29, 0.717) is 5.92 Å². The van der Waals surface area contributed by atoms with Crippen LogP contribution in [0.1, 0.15) is 11.1 Å². The molecule has 0 saturated heterocycles. The average Bonchev–Trinajstić information content (AvgIpc) is 2.45. The average molecular weight is 387 g/mol. The van der Waals surface area contributed by atoms with Gasteiger partial charge in [0.2, 0.25) is 0 Å². The van der Waals surface area contributed by atoms with Crippen molar-refractivity contribution in [1.29, 1.82) is 0 Å². The molecule has 0 aliphatic carbocycles. The van der Waals surface area contributed by atoms with E-state index in [4.69, 9.17) is 23.2 Å². The Balaban J connectivity index is 2.16. The largest absolute Gasteiger partial charge is 0.319 e. The number of benzene rings is 2. The van der Waals surface area contributed by atoms with E-state index < -0.39 is 0 Å². The molecule has 0 aliphatic rings. The summed E-state index contributed by atoms with van der Waals surface area (Å²) in [6, 6.07) is 14.0. The maximum atomic E-state index is 6.29. The van der Waals surface area contributed by atoms with Crippen LogP contribution < -0.4 is 5.32 Å². The first kappa shape index (κ1) is 16.8. The molecular weight excluding hydrogens is 369 g/mol. The predicted molar refractivity (Wildman–Crippen MR) is 95.4 cm³/mol. The summed E-state index contributed by atoms with van der Waals surface area (Å²) in [6.45, 7) is 0.935. The van der Waals surface area contributed by atoms with Gasteiger partial charge in [0.05, 0.1) is 0 Å². The quantitative estimate of drug-likeness (QED) is 0.702. The van der Waals surface area contributed by atoms with Gasteiger partial charge < -0.3 is 5.32 Å². The molecule has 0 amide bonds. The lowest BCUT2D eigenvalue weighted by molar-refractivity contribution is 0.492. The van der Waals surface area contributed by atoms with E-state index in [1.807, 2.05) is 31.3 Å². The van der Waals surface area contributed by atoms with Gasteiger partial charge in [-0.2, -0.15) is 0 Å². The van der Waals surface area contributed by atoms with Crippen molar-refractivity contribution in [2.75, 3.05) is 13.6 Å². The maximum absolute atomic E-state index is 6.29. The van der Waals surface area contributed by atoms with E-state index in [-0.39, 0.29) is 0 Å². The number of halogens is 3. The van der Waals surface area contributed by atoms with Crippen LogP contribution in [0.3, 0.4) is 0 Å². The third-order valence-electron chi connectivity index (χ3n) is 3.48. The second kappa shape index (κ2) is 8.19. The van der Waals surface area contributed by atoms with Gasteiger partial charge >= 0.3 is 0 Å². The monoisotopic (exact) mass is 385 g/mol. The summed E-state index contributed by atoms with van der Waals surface area (Å²) in [7, 11) is 1.98. The molecule has 2 aromatic carbocycles. The lowest BCUT2D eigenvalue weighted by Crippen LogP contribution is -2.23. The van der Waals surface area contributed by atoms with Crippen LogP contribution in [0.5, 0.6) is 0 Å². The molecule has 0 radical (unpaired) electrons. The Morgan fingerprint density at radius 3 is 2.48 bits per heavy atom. The molecule has 1 nitrogen and oxygen atoms in total. The highest BCUT2D eigenvalue weighted by Crippen LogP contribution is 2.26. The maximum Gasteiger partial charge on any atom is 0.0439 e. The van der Waals surface area contributed by atoms with Gasteiger partial charge in [-0.25, -0.2) is 0 Å². The van der Waals surface area contributed by atoms with Crippen LogP contribution in [-0.2, 0) is 12.8 Å². The van der Waals surface area contributed by atoms with Gasteiger partial charge in [-0.15, -0.1) is 0 Å². The first-order valence-corrected chi connectivity index (χ1v) is 8.47. The summed E-state index contributed by atoms with van der Waals surface area (Å²) in [5, 5.41) is 4.79. The Morgan fingerprint density at radius 1 is 1.05 bits per heavy atom.